The van der Waals surface area contributed by atoms with Crippen LogP contribution in [-0.4, -0.2) is 22.8 Å². The molecular formula is C10H10FNO2S. The maximum atomic E-state index is 13.0. The third kappa shape index (κ3) is 1.92. The average Bonchev–Trinajstić information content (AvgIpc) is 2.50. The molecule has 0 bridgehead atoms. The molecule has 1 amide bonds. The molecule has 80 valence electrons. The molecule has 1 N–H and O–H groups in total. The first-order valence-electron chi connectivity index (χ1n) is 4.55. The molecule has 1 atom stereocenters. The number of halogens is 1. The Morgan fingerprint density at radius 1 is 1.53 bits per heavy atom. The van der Waals surface area contributed by atoms with Gasteiger partial charge in [-0.05, 0) is 12.1 Å². The molecule has 1 aromatic rings. The average molecular weight is 227 g/mol. The zero-order valence-electron chi connectivity index (χ0n) is 7.85. The van der Waals surface area contributed by atoms with Gasteiger partial charge in [0.2, 0.25) is 5.91 Å². The molecule has 2 rings (SSSR count). The Morgan fingerprint density at radius 3 is 2.87 bits per heavy atom. The third-order valence-electron chi connectivity index (χ3n) is 2.33. The maximum Gasteiger partial charge on any atom is 0.228 e. The van der Waals surface area contributed by atoms with Crippen molar-refractivity contribution in [3.8, 4) is 5.75 Å². The molecule has 1 fully saturated rings. The molecule has 1 saturated heterocycles. The van der Waals surface area contributed by atoms with Crippen molar-refractivity contribution in [2.75, 3.05) is 11.4 Å². The highest BCUT2D eigenvalue weighted by atomic mass is 32.1. The molecule has 0 spiro atoms. The number of aromatic hydroxyl groups is 1. The van der Waals surface area contributed by atoms with Crippen LogP contribution < -0.4 is 4.90 Å². The Kier molecular flexibility index (Phi) is 2.56. The second kappa shape index (κ2) is 3.73. The van der Waals surface area contributed by atoms with Gasteiger partial charge in [-0.1, -0.05) is 0 Å². The Hall–Kier alpha value is -1.23. The van der Waals surface area contributed by atoms with Gasteiger partial charge in [-0.3, -0.25) is 4.79 Å². The number of hydrogen-bond acceptors (Lipinski definition) is 3. The van der Waals surface area contributed by atoms with Crippen LogP contribution in [-0.2, 0) is 4.79 Å². The lowest BCUT2D eigenvalue weighted by Crippen LogP contribution is -2.24. The number of phenolic OH excluding ortho intramolecular Hbond substituents is 1. The second-order valence-electron chi connectivity index (χ2n) is 3.50. The van der Waals surface area contributed by atoms with Crippen molar-refractivity contribution < 1.29 is 14.3 Å². The first-order chi connectivity index (χ1) is 7.08. The zero-order valence-corrected chi connectivity index (χ0v) is 8.75. The maximum absolute atomic E-state index is 13.0. The summed E-state index contributed by atoms with van der Waals surface area (Å²) in [7, 11) is 0. The van der Waals surface area contributed by atoms with Gasteiger partial charge in [-0.2, -0.15) is 12.6 Å². The number of carbonyl (C=O) groups is 1. The SMILES string of the molecule is O=C1CC(S)CN1c1cc(F)ccc1O. The molecule has 3 nitrogen and oxygen atoms in total. The lowest BCUT2D eigenvalue weighted by Gasteiger charge is -2.17. The monoisotopic (exact) mass is 227 g/mol. The van der Waals surface area contributed by atoms with Crippen LogP contribution in [0.2, 0.25) is 0 Å². The predicted octanol–water partition coefficient (Wildman–Crippen LogP) is 1.57. The molecule has 0 saturated carbocycles. The van der Waals surface area contributed by atoms with Crippen LogP contribution in [0.4, 0.5) is 10.1 Å². The lowest BCUT2D eigenvalue weighted by molar-refractivity contribution is -0.117. The van der Waals surface area contributed by atoms with Crippen LogP contribution in [0.3, 0.4) is 0 Å². The van der Waals surface area contributed by atoms with Gasteiger partial charge in [-0.25, -0.2) is 4.39 Å². The minimum Gasteiger partial charge on any atom is -0.506 e. The van der Waals surface area contributed by atoms with Crippen LogP contribution in [0.25, 0.3) is 0 Å². The van der Waals surface area contributed by atoms with Crippen LogP contribution >= 0.6 is 12.6 Å². The molecule has 0 radical (unpaired) electrons. The number of phenols is 1. The molecule has 5 heteroatoms. The molecule has 15 heavy (non-hydrogen) atoms. The van der Waals surface area contributed by atoms with Crippen LogP contribution in [0.5, 0.6) is 5.75 Å². The number of rotatable bonds is 1. The number of hydrogen-bond donors (Lipinski definition) is 2. The number of anilines is 1. The third-order valence-corrected chi connectivity index (χ3v) is 2.68. The fraction of sp³-hybridized carbons (Fsp3) is 0.300. The Labute approximate surface area is 91.9 Å². The highest BCUT2D eigenvalue weighted by molar-refractivity contribution is 7.81. The largest absolute Gasteiger partial charge is 0.506 e. The van der Waals surface area contributed by atoms with E-state index in [1.807, 2.05) is 0 Å². The highest BCUT2D eigenvalue weighted by Gasteiger charge is 2.29. The summed E-state index contributed by atoms with van der Waals surface area (Å²) in [6.45, 7) is 0.402. The van der Waals surface area contributed by atoms with E-state index in [-0.39, 0.29) is 22.6 Å². The molecule has 1 aliphatic heterocycles. The van der Waals surface area contributed by atoms with Crippen molar-refractivity contribution in [1.29, 1.82) is 0 Å². The van der Waals surface area contributed by atoms with Gasteiger partial charge in [0.1, 0.15) is 11.6 Å². The number of nitrogens with zero attached hydrogens (tertiary/aromatic N) is 1. The van der Waals surface area contributed by atoms with Gasteiger partial charge >= 0.3 is 0 Å². The standard InChI is InChI=1S/C10H10FNO2S/c11-6-1-2-9(13)8(3-6)12-5-7(15)4-10(12)14/h1-3,7,13,15H,4-5H2. The first-order valence-corrected chi connectivity index (χ1v) is 5.06. The van der Waals surface area contributed by atoms with E-state index >= 15 is 0 Å². The van der Waals surface area contributed by atoms with Crippen molar-refractivity contribution in [3.63, 3.8) is 0 Å². The topological polar surface area (TPSA) is 40.5 Å². The van der Waals surface area contributed by atoms with E-state index in [4.69, 9.17) is 0 Å². The molecule has 0 aromatic heterocycles. The second-order valence-corrected chi connectivity index (χ2v) is 4.23. The predicted molar refractivity (Wildman–Crippen MR) is 57.8 cm³/mol. The summed E-state index contributed by atoms with van der Waals surface area (Å²) >= 11 is 4.18. The summed E-state index contributed by atoms with van der Waals surface area (Å²) in [4.78, 5) is 12.8. The van der Waals surface area contributed by atoms with E-state index in [0.717, 1.165) is 12.1 Å². The van der Waals surface area contributed by atoms with Gasteiger partial charge in [0.15, 0.2) is 0 Å². The van der Waals surface area contributed by atoms with E-state index in [1.54, 1.807) is 0 Å². The van der Waals surface area contributed by atoms with E-state index in [9.17, 15) is 14.3 Å². The van der Waals surface area contributed by atoms with Gasteiger partial charge < -0.3 is 10.0 Å². The smallest absolute Gasteiger partial charge is 0.228 e. The fourth-order valence-corrected chi connectivity index (χ4v) is 1.95. The van der Waals surface area contributed by atoms with Crippen LogP contribution in [0.15, 0.2) is 18.2 Å². The summed E-state index contributed by atoms with van der Waals surface area (Å²) in [5.74, 6) is -0.707. The molecule has 1 unspecified atom stereocenters. The molecule has 1 heterocycles. The molecule has 0 aliphatic carbocycles. The number of amides is 1. The lowest BCUT2D eigenvalue weighted by atomic mass is 10.2. The van der Waals surface area contributed by atoms with Gasteiger partial charge in [-0.15, -0.1) is 0 Å². The molecule has 1 aliphatic rings. The van der Waals surface area contributed by atoms with Crippen LogP contribution in [0.1, 0.15) is 6.42 Å². The minimum atomic E-state index is -0.474. The van der Waals surface area contributed by atoms with Gasteiger partial charge in [0, 0.05) is 24.3 Å². The van der Waals surface area contributed by atoms with E-state index < -0.39 is 5.82 Å². The first kappa shape index (κ1) is 10.3. The summed E-state index contributed by atoms with van der Waals surface area (Å²) in [5.41, 5.74) is 0.219. The van der Waals surface area contributed by atoms with Crippen LogP contribution in [0, 0.1) is 5.82 Å². The number of thiol groups is 1. The van der Waals surface area contributed by atoms with Crippen molar-refractivity contribution in [1.82, 2.24) is 0 Å². The van der Waals surface area contributed by atoms with Crippen molar-refractivity contribution in [3.05, 3.63) is 24.0 Å². The summed E-state index contributed by atoms with van der Waals surface area (Å²) < 4.78 is 13.0. The normalized spacial score (nSPS) is 21.1. The Bertz CT molecular complexity index is 410. The molecule has 1 aromatic carbocycles. The van der Waals surface area contributed by atoms with Crippen molar-refractivity contribution in [2.45, 2.75) is 11.7 Å². The summed E-state index contributed by atoms with van der Waals surface area (Å²) in [6.07, 6.45) is 0.319. The van der Waals surface area contributed by atoms with Crippen molar-refractivity contribution >= 4 is 24.2 Å². The van der Waals surface area contributed by atoms with Gasteiger partial charge in [0.05, 0.1) is 5.69 Å². The summed E-state index contributed by atoms with van der Waals surface area (Å²) in [6, 6.07) is 3.54. The van der Waals surface area contributed by atoms with E-state index in [0.29, 0.717) is 13.0 Å². The quantitative estimate of drug-likeness (QED) is 0.715. The Morgan fingerprint density at radius 2 is 2.27 bits per heavy atom. The minimum absolute atomic E-state index is 0.0554. The fourth-order valence-electron chi connectivity index (χ4n) is 1.63. The van der Waals surface area contributed by atoms with Crippen molar-refractivity contribution in [2.24, 2.45) is 0 Å². The molecular weight excluding hydrogens is 217 g/mol. The van der Waals surface area contributed by atoms with E-state index in [2.05, 4.69) is 12.6 Å². The van der Waals surface area contributed by atoms with Gasteiger partial charge in [0.25, 0.3) is 0 Å². The Balaban J connectivity index is 2.37. The summed E-state index contributed by atoms with van der Waals surface area (Å²) in [5, 5.41) is 9.46. The highest BCUT2D eigenvalue weighted by Crippen LogP contribution is 2.32. The number of carbonyl (C=O) groups excluding carboxylic acids is 1. The van der Waals surface area contributed by atoms with E-state index in [1.165, 1.54) is 11.0 Å². The number of benzene rings is 1. The zero-order chi connectivity index (χ0) is 11.0.